The van der Waals surface area contributed by atoms with Crippen molar-refractivity contribution < 1.29 is 4.74 Å². The molecule has 0 aliphatic rings. The van der Waals surface area contributed by atoms with Crippen LogP contribution in [-0.2, 0) is 13.1 Å². The number of thiazole rings is 1. The Morgan fingerprint density at radius 1 is 1.38 bits per heavy atom. The molecule has 0 saturated carbocycles. The second kappa shape index (κ2) is 7.35. The monoisotopic (exact) mass is 343 g/mol. The molecule has 24 heavy (non-hydrogen) atoms. The van der Waals surface area contributed by atoms with Crippen LogP contribution >= 0.6 is 11.3 Å². The average molecular weight is 343 g/mol. The first-order chi connectivity index (χ1) is 11.7. The Balaban J connectivity index is 1.59. The topological polar surface area (TPSA) is 54.2 Å². The second-order valence-electron chi connectivity index (χ2n) is 5.43. The van der Waals surface area contributed by atoms with E-state index in [0.717, 1.165) is 28.9 Å². The zero-order chi connectivity index (χ0) is 16.9. The van der Waals surface area contributed by atoms with Gasteiger partial charge in [0.05, 0.1) is 19.3 Å². The van der Waals surface area contributed by atoms with Gasteiger partial charge in [-0.2, -0.15) is 0 Å². The van der Waals surface area contributed by atoms with Crippen LogP contribution in [0.2, 0.25) is 0 Å². The number of hydrogen-bond acceptors (Lipinski definition) is 4. The summed E-state index contributed by atoms with van der Waals surface area (Å²) in [6.45, 7) is 1.41. The third-order valence-electron chi connectivity index (χ3n) is 3.72. The lowest BCUT2D eigenvalue weighted by Crippen LogP contribution is -2.38. The van der Waals surface area contributed by atoms with Gasteiger partial charge in [0.25, 0.3) is 0 Å². The number of nitrogens with one attached hydrogen (secondary N) is 1. The highest BCUT2D eigenvalue weighted by molar-refractivity contribution is 7.15. The molecule has 0 spiro atoms. The van der Waals surface area contributed by atoms with Crippen molar-refractivity contribution in [2.75, 3.05) is 21.2 Å². The maximum absolute atomic E-state index is 5.19. The van der Waals surface area contributed by atoms with Gasteiger partial charge in [-0.15, -0.1) is 11.3 Å². The molecule has 0 fully saturated rings. The molecule has 0 amide bonds. The Morgan fingerprint density at radius 2 is 2.17 bits per heavy atom. The number of aliphatic imine (C=N–C) groups is 1. The SMILES string of the molecule is CN=C(NCc1cn2ccsc2n1)N(C)Cc1ccc(OC)cc1. The number of fused-ring (bicyclic) bond motifs is 1. The fourth-order valence-corrected chi connectivity index (χ4v) is 3.21. The minimum absolute atomic E-state index is 0.647. The standard InChI is InChI=1S/C17H21N5OS/c1-18-16(19-10-14-12-22-8-9-24-17(22)20-14)21(2)11-13-4-6-15(23-3)7-5-13/h4-9,12H,10-11H2,1-3H3,(H,18,19). The molecule has 0 aliphatic heterocycles. The Labute approximate surface area is 145 Å². The lowest BCUT2D eigenvalue weighted by Gasteiger charge is -2.22. The molecular formula is C17H21N5OS. The van der Waals surface area contributed by atoms with Crippen molar-refractivity contribution in [2.45, 2.75) is 13.1 Å². The minimum Gasteiger partial charge on any atom is -0.497 e. The van der Waals surface area contributed by atoms with Gasteiger partial charge in [0.15, 0.2) is 10.9 Å². The number of hydrogen-bond donors (Lipinski definition) is 1. The Bertz CT molecular complexity index is 792. The van der Waals surface area contributed by atoms with Crippen molar-refractivity contribution >= 4 is 22.3 Å². The van der Waals surface area contributed by atoms with E-state index in [2.05, 4.69) is 32.3 Å². The largest absolute Gasteiger partial charge is 0.497 e. The summed E-state index contributed by atoms with van der Waals surface area (Å²) < 4.78 is 7.22. The Morgan fingerprint density at radius 3 is 2.83 bits per heavy atom. The summed E-state index contributed by atoms with van der Waals surface area (Å²) in [6, 6.07) is 8.06. The van der Waals surface area contributed by atoms with Crippen LogP contribution in [0.25, 0.3) is 4.96 Å². The van der Waals surface area contributed by atoms with Crippen LogP contribution in [0.15, 0.2) is 47.0 Å². The number of aromatic nitrogens is 2. The summed E-state index contributed by atoms with van der Waals surface area (Å²) in [5, 5.41) is 5.39. The summed E-state index contributed by atoms with van der Waals surface area (Å²) >= 11 is 1.63. The van der Waals surface area contributed by atoms with Crippen LogP contribution < -0.4 is 10.1 Å². The molecule has 0 radical (unpaired) electrons. The first-order valence-corrected chi connectivity index (χ1v) is 8.53. The molecule has 0 atom stereocenters. The number of benzene rings is 1. The quantitative estimate of drug-likeness (QED) is 0.571. The van der Waals surface area contributed by atoms with Crippen molar-refractivity contribution in [3.05, 3.63) is 53.3 Å². The van der Waals surface area contributed by atoms with Crippen molar-refractivity contribution in [3.63, 3.8) is 0 Å². The molecule has 7 heteroatoms. The van der Waals surface area contributed by atoms with E-state index in [-0.39, 0.29) is 0 Å². The van der Waals surface area contributed by atoms with Crippen molar-refractivity contribution in [1.82, 2.24) is 19.6 Å². The first kappa shape index (κ1) is 16.3. The number of rotatable bonds is 5. The predicted molar refractivity (Wildman–Crippen MR) is 97.7 cm³/mol. The highest BCUT2D eigenvalue weighted by Crippen LogP contribution is 2.13. The molecule has 6 nitrogen and oxygen atoms in total. The van der Waals surface area contributed by atoms with E-state index in [0.29, 0.717) is 6.54 Å². The molecule has 2 aromatic heterocycles. The van der Waals surface area contributed by atoms with Gasteiger partial charge in [0, 0.05) is 38.4 Å². The van der Waals surface area contributed by atoms with Crippen molar-refractivity contribution in [1.29, 1.82) is 0 Å². The van der Waals surface area contributed by atoms with Crippen LogP contribution in [0, 0.1) is 0 Å². The van der Waals surface area contributed by atoms with E-state index in [9.17, 15) is 0 Å². The van der Waals surface area contributed by atoms with E-state index in [1.807, 2.05) is 41.4 Å². The summed E-state index contributed by atoms with van der Waals surface area (Å²) in [5.74, 6) is 1.70. The van der Waals surface area contributed by atoms with Crippen molar-refractivity contribution in [3.8, 4) is 5.75 Å². The highest BCUT2D eigenvalue weighted by Gasteiger charge is 2.08. The molecule has 126 valence electrons. The summed E-state index contributed by atoms with van der Waals surface area (Å²) in [7, 11) is 5.48. The van der Waals surface area contributed by atoms with Gasteiger partial charge in [-0.1, -0.05) is 12.1 Å². The third kappa shape index (κ3) is 3.68. The number of ether oxygens (including phenoxy) is 1. The van der Waals surface area contributed by atoms with Gasteiger partial charge in [0.1, 0.15) is 5.75 Å². The lowest BCUT2D eigenvalue weighted by molar-refractivity contribution is 0.414. The van der Waals surface area contributed by atoms with Gasteiger partial charge in [-0.05, 0) is 17.7 Å². The molecule has 0 bridgehead atoms. The van der Waals surface area contributed by atoms with Crippen LogP contribution in [0.1, 0.15) is 11.3 Å². The number of nitrogens with zero attached hydrogens (tertiary/aromatic N) is 4. The smallest absolute Gasteiger partial charge is 0.194 e. The average Bonchev–Trinajstić information content (AvgIpc) is 3.17. The second-order valence-corrected chi connectivity index (χ2v) is 6.30. The van der Waals surface area contributed by atoms with E-state index in [4.69, 9.17) is 4.74 Å². The maximum atomic E-state index is 5.19. The fraction of sp³-hybridized carbons (Fsp3) is 0.294. The molecule has 2 heterocycles. The molecule has 1 aromatic carbocycles. The van der Waals surface area contributed by atoms with Gasteiger partial charge in [-0.3, -0.25) is 9.39 Å². The summed E-state index contributed by atoms with van der Waals surface area (Å²) in [5.41, 5.74) is 2.20. The van der Waals surface area contributed by atoms with Crippen molar-refractivity contribution in [2.24, 2.45) is 4.99 Å². The zero-order valence-corrected chi connectivity index (χ0v) is 14.9. The van der Waals surface area contributed by atoms with E-state index < -0.39 is 0 Å². The van der Waals surface area contributed by atoms with Crippen LogP contribution in [0.4, 0.5) is 0 Å². The van der Waals surface area contributed by atoms with Gasteiger partial charge in [0.2, 0.25) is 0 Å². The Kier molecular flexibility index (Phi) is 5.00. The van der Waals surface area contributed by atoms with Crippen LogP contribution in [0.3, 0.4) is 0 Å². The van der Waals surface area contributed by atoms with Crippen LogP contribution in [-0.4, -0.2) is 41.4 Å². The molecule has 0 saturated heterocycles. The molecular weight excluding hydrogens is 322 g/mol. The molecule has 3 rings (SSSR count). The molecule has 3 aromatic rings. The highest BCUT2D eigenvalue weighted by atomic mass is 32.1. The number of imidazole rings is 1. The van der Waals surface area contributed by atoms with E-state index in [1.165, 1.54) is 5.56 Å². The maximum Gasteiger partial charge on any atom is 0.194 e. The number of methoxy groups -OCH3 is 1. The predicted octanol–water partition coefficient (Wildman–Crippen LogP) is 2.61. The zero-order valence-electron chi connectivity index (χ0n) is 14.1. The molecule has 0 unspecified atom stereocenters. The summed E-state index contributed by atoms with van der Waals surface area (Å²) in [4.78, 5) is 12.0. The van der Waals surface area contributed by atoms with Crippen LogP contribution in [0.5, 0.6) is 5.75 Å². The third-order valence-corrected chi connectivity index (χ3v) is 4.49. The normalized spacial score (nSPS) is 11.7. The first-order valence-electron chi connectivity index (χ1n) is 7.65. The lowest BCUT2D eigenvalue weighted by atomic mass is 10.2. The van der Waals surface area contributed by atoms with E-state index in [1.54, 1.807) is 25.5 Å². The van der Waals surface area contributed by atoms with Gasteiger partial charge >= 0.3 is 0 Å². The van der Waals surface area contributed by atoms with Gasteiger partial charge < -0.3 is 15.0 Å². The number of guanidine groups is 1. The van der Waals surface area contributed by atoms with E-state index >= 15 is 0 Å². The molecule has 0 aliphatic carbocycles. The fourth-order valence-electron chi connectivity index (χ4n) is 2.50. The molecule has 1 N–H and O–H groups in total. The minimum atomic E-state index is 0.647. The van der Waals surface area contributed by atoms with Gasteiger partial charge in [-0.25, -0.2) is 4.98 Å². The Hall–Kier alpha value is -2.54. The summed E-state index contributed by atoms with van der Waals surface area (Å²) in [6.07, 6.45) is 4.05.